The van der Waals surface area contributed by atoms with Gasteiger partial charge >= 0.3 is 5.97 Å². The molecule has 3 aliphatic heterocycles. The van der Waals surface area contributed by atoms with Gasteiger partial charge in [-0.15, -0.1) is 0 Å². The van der Waals surface area contributed by atoms with Crippen molar-refractivity contribution in [2.24, 2.45) is 11.8 Å². The number of phenolic OH excluding ortho intramolecular Hbond substituents is 2. The Labute approximate surface area is 405 Å². The molecule has 0 radical (unpaired) electrons. The van der Waals surface area contributed by atoms with Crippen LogP contribution in [0.1, 0.15) is 128 Å². The number of pyridine rings is 1. The standard InChI is InChI=1S/C58H64N4O7/c1-6-60-47-12-8-7-10-35(47)14-16-41-37-22-24-58(29-37)30-38-26-40(64)28-50(66-5)52(38)44-19-18-43-46(32-67-34(4)63)56(69-57(43)54(44)58)53-36(11-9-13-48-42(41)20-21-51(59)62-48)27-49(65)55-45(53)17-15-39(31-68-55)61-25-23-33(2)3/h7-8,10,12,15,17-21,26-28,33,37,39,41,46,56,60-61,64-65H,6,11,14,16,22-25,29-32H2,1-5H3,(H2,59,62)/t37-,39+,41-,46-,56-,58+/m0/s1. The zero-order chi connectivity index (χ0) is 48.0. The average Bonchev–Trinajstić information content (AvgIpc) is 3.83. The van der Waals surface area contributed by atoms with Crippen molar-refractivity contribution in [3.8, 4) is 51.7 Å². The van der Waals surface area contributed by atoms with Crippen molar-refractivity contribution in [2.45, 2.75) is 108 Å². The van der Waals surface area contributed by atoms with Crippen LogP contribution in [0.5, 0.6) is 28.7 Å². The molecule has 11 nitrogen and oxygen atoms in total. The molecule has 0 saturated heterocycles. The van der Waals surface area contributed by atoms with Gasteiger partial charge in [-0.1, -0.05) is 68.3 Å². The van der Waals surface area contributed by atoms with Crippen LogP contribution in [-0.2, 0) is 34.2 Å². The number of aryl methyl sites for hydroxylation is 1. The third-order valence-corrected chi connectivity index (χ3v) is 15.3. The number of esters is 1. The van der Waals surface area contributed by atoms with E-state index in [9.17, 15) is 15.0 Å². The molecule has 1 saturated carbocycles. The number of carbonyl (C=O) groups excluding carboxylic acids is 1. The lowest BCUT2D eigenvalue weighted by molar-refractivity contribution is -0.141. The van der Waals surface area contributed by atoms with Crippen molar-refractivity contribution in [2.75, 3.05) is 44.5 Å². The molecule has 4 heterocycles. The smallest absolute Gasteiger partial charge is 0.302 e. The van der Waals surface area contributed by atoms with E-state index in [1.807, 2.05) is 18.2 Å². The molecule has 1 fully saturated rings. The van der Waals surface area contributed by atoms with Crippen LogP contribution >= 0.6 is 0 Å². The number of hydrogen-bond donors (Lipinski definition) is 5. The largest absolute Gasteiger partial charge is 0.508 e. The SMILES string of the molecule is CCNc1ccccc1CC[C@@H]1c2ccc(N)nc2C#CCc2cc(O)c3c(c2[C@H]2Oc4c(ccc5c4[C@@]4(CC[C@H]1C4)Cc1cc(O)cc(OC)c1-5)[C@@H]2COC(C)=O)C=C[C@@H](NCCC(C)C)CO3. The summed E-state index contributed by atoms with van der Waals surface area (Å²) in [7, 11) is 1.65. The quantitative estimate of drug-likeness (QED) is 0.0599. The first-order valence-corrected chi connectivity index (χ1v) is 24.8. The first-order valence-electron chi connectivity index (χ1n) is 24.8. The number of nitrogen functional groups attached to an aromatic ring is 1. The van der Waals surface area contributed by atoms with E-state index >= 15 is 0 Å². The van der Waals surface area contributed by atoms with E-state index in [1.54, 1.807) is 19.2 Å². The minimum absolute atomic E-state index is 0.0178. The van der Waals surface area contributed by atoms with Crippen LogP contribution < -0.4 is 30.6 Å². The molecule has 10 rings (SSSR count). The predicted molar refractivity (Wildman–Crippen MR) is 270 cm³/mol. The molecule has 4 bridgehead atoms. The third kappa shape index (κ3) is 8.73. The number of phenols is 2. The number of aromatic hydroxyl groups is 2. The van der Waals surface area contributed by atoms with Gasteiger partial charge < -0.3 is 45.5 Å². The summed E-state index contributed by atoms with van der Waals surface area (Å²) in [6.45, 7) is 10.0. The van der Waals surface area contributed by atoms with Gasteiger partial charge in [0.05, 0.1) is 19.1 Å². The molecule has 6 atom stereocenters. The molecule has 0 unspecified atom stereocenters. The van der Waals surface area contributed by atoms with E-state index in [4.69, 9.17) is 29.7 Å². The Morgan fingerprint density at radius 1 is 1.04 bits per heavy atom. The van der Waals surface area contributed by atoms with Crippen LogP contribution in [0.3, 0.4) is 0 Å². The number of anilines is 2. The number of nitrogens with zero attached hydrogens (tertiary/aromatic N) is 1. The van der Waals surface area contributed by atoms with Crippen LogP contribution in [0.4, 0.5) is 11.5 Å². The zero-order valence-electron chi connectivity index (χ0n) is 40.4. The summed E-state index contributed by atoms with van der Waals surface area (Å²) in [6, 6.07) is 22.2. The molecule has 4 aromatic carbocycles. The highest BCUT2D eigenvalue weighted by atomic mass is 16.5. The minimum Gasteiger partial charge on any atom is -0.508 e. The Morgan fingerprint density at radius 2 is 1.88 bits per heavy atom. The van der Waals surface area contributed by atoms with Gasteiger partial charge in [-0.3, -0.25) is 4.79 Å². The summed E-state index contributed by atoms with van der Waals surface area (Å²) in [4.78, 5) is 17.7. The van der Waals surface area contributed by atoms with E-state index in [0.717, 1.165) is 108 Å². The molecule has 69 heavy (non-hydrogen) atoms. The summed E-state index contributed by atoms with van der Waals surface area (Å²) in [5.41, 5.74) is 17.6. The molecule has 2 aliphatic carbocycles. The Hall–Kier alpha value is -6.64. The van der Waals surface area contributed by atoms with Gasteiger partial charge in [-0.2, -0.15) is 0 Å². The van der Waals surface area contributed by atoms with Gasteiger partial charge in [0.15, 0.2) is 11.5 Å². The van der Waals surface area contributed by atoms with Gasteiger partial charge in [0.2, 0.25) is 0 Å². The third-order valence-electron chi connectivity index (χ3n) is 15.3. The number of nitrogens with one attached hydrogen (secondary N) is 2. The van der Waals surface area contributed by atoms with Gasteiger partial charge in [0, 0.05) is 64.9 Å². The molecular formula is C58H64N4O7. The van der Waals surface area contributed by atoms with E-state index in [0.29, 0.717) is 47.5 Å². The zero-order valence-corrected chi connectivity index (χ0v) is 40.4. The van der Waals surface area contributed by atoms with Crippen molar-refractivity contribution in [3.63, 3.8) is 0 Å². The average molecular weight is 929 g/mol. The Morgan fingerprint density at radius 3 is 2.70 bits per heavy atom. The monoisotopic (exact) mass is 928 g/mol. The number of hydrogen-bond acceptors (Lipinski definition) is 11. The second-order valence-corrected chi connectivity index (χ2v) is 20.1. The maximum atomic E-state index is 12.7. The number of carbonyl (C=O) groups is 1. The fourth-order valence-electron chi connectivity index (χ4n) is 12.2. The highest BCUT2D eigenvalue weighted by Crippen LogP contribution is 2.64. The number of para-hydroxylation sites is 1. The molecule has 0 amide bonds. The van der Waals surface area contributed by atoms with Crippen LogP contribution in [0.15, 0.2) is 72.8 Å². The lowest BCUT2D eigenvalue weighted by Crippen LogP contribution is -2.33. The lowest BCUT2D eigenvalue weighted by Gasteiger charge is -2.39. The molecule has 358 valence electrons. The van der Waals surface area contributed by atoms with Crippen molar-refractivity contribution in [1.29, 1.82) is 0 Å². The molecule has 5 aromatic rings. The minimum atomic E-state index is -0.649. The van der Waals surface area contributed by atoms with Crippen molar-refractivity contribution >= 4 is 23.6 Å². The molecule has 11 heteroatoms. The number of rotatable bonds is 12. The van der Waals surface area contributed by atoms with Crippen LogP contribution in [-0.4, -0.2) is 60.6 Å². The maximum Gasteiger partial charge on any atom is 0.302 e. The molecule has 6 N–H and O–H groups in total. The highest BCUT2D eigenvalue weighted by Gasteiger charge is 2.52. The maximum absolute atomic E-state index is 12.7. The van der Waals surface area contributed by atoms with Crippen LogP contribution in [0.25, 0.3) is 17.2 Å². The summed E-state index contributed by atoms with van der Waals surface area (Å²) in [5.74, 6) is 9.43. The van der Waals surface area contributed by atoms with Gasteiger partial charge in [0.1, 0.15) is 48.1 Å². The summed E-state index contributed by atoms with van der Waals surface area (Å²) in [6.07, 6.45) is 9.81. The van der Waals surface area contributed by atoms with E-state index < -0.39 is 17.4 Å². The highest BCUT2D eigenvalue weighted by molar-refractivity contribution is 5.84. The fraction of sp³-hybridized carbons (Fsp3) is 0.414. The number of aromatic nitrogens is 1. The number of methoxy groups -OCH3 is 1. The Balaban J connectivity index is 1.20. The molecular weight excluding hydrogens is 865 g/mol. The summed E-state index contributed by atoms with van der Waals surface area (Å²) in [5, 5.41) is 30.3. The van der Waals surface area contributed by atoms with E-state index in [-0.39, 0.29) is 48.4 Å². The van der Waals surface area contributed by atoms with Gasteiger partial charge in [-0.25, -0.2) is 4.98 Å². The number of nitrogens with two attached hydrogens (primary N) is 1. The number of benzene rings is 4. The normalized spacial score (nSPS) is 22.5. The Bertz CT molecular complexity index is 2900. The second-order valence-electron chi connectivity index (χ2n) is 20.1. The molecule has 5 aliphatic rings. The summed E-state index contributed by atoms with van der Waals surface area (Å²) < 4.78 is 26.2. The Kier molecular flexibility index (Phi) is 12.7. The van der Waals surface area contributed by atoms with Gasteiger partial charge in [0.25, 0.3) is 0 Å². The van der Waals surface area contributed by atoms with E-state index in [1.165, 1.54) is 12.5 Å². The summed E-state index contributed by atoms with van der Waals surface area (Å²) >= 11 is 0. The lowest BCUT2D eigenvalue weighted by atomic mass is 9.64. The van der Waals surface area contributed by atoms with Crippen molar-refractivity contribution in [3.05, 3.63) is 123 Å². The predicted octanol–water partition coefficient (Wildman–Crippen LogP) is 10.3. The fourth-order valence-corrected chi connectivity index (χ4v) is 12.2. The molecule has 1 aromatic heterocycles. The van der Waals surface area contributed by atoms with Crippen LogP contribution in [0, 0.1) is 23.7 Å². The van der Waals surface area contributed by atoms with E-state index in [2.05, 4.69) is 91.8 Å². The number of ether oxygens (including phenoxy) is 4. The first kappa shape index (κ1) is 46.1. The van der Waals surface area contributed by atoms with Crippen molar-refractivity contribution in [1.82, 2.24) is 10.3 Å². The van der Waals surface area contributed by atoms with Crippen molar-refractivity contribution < 1.29 is 34.0 Å². The van der Waals surface area contributed by atoms with Crippen LogP contribution in [0.2, 0.25) is 0 Å². The molecule has 1 spiro atoms. The number of fused-ring (bicyclic) bond motifs is 9. The topological polar surface area (TPSA) is 157 Å². The first-order chi connectivity index (χ1) is 33.4. The van der Waals surface area contributed by atoms with Gasteiger partial charge in [-0.05, 0) is 134 Å². The second kappa shape index (κ2) is 19.0.